The predicted octanol–water partition coefficient (Wildman–Crippen LogP) is 1.49. The summed E-state index contributed by atoms with van der Waals surface area (Å²) in [6, 6.07) is 0. The molecular formula is C10H20N3+. The quantitative estimate of drug-likeness (QED) is 0.635. The van der Waals surface area contributed by atoms with Gasteiger partial charge in [-0.05, 0) is 4.98 Å². The molecule has 0 aliphatic carbocycles. The second-order valence-electron chi connectivity index (χ2n) is 4.18. The molecule has 1 rings (SSSR count). The van der Waals surface area contributed by atoms with Crippen molar-refractivity contribution in [3.8, 4) is 0 Å². The average Bonchev–Trinajstić information content (AvgIpc) is 2.29. The van der Waals surface area contributed by atoms with Gasteiger partial charge in [0.15, 0.2) is 0 Å². The van der Waals surface area contributed by atoms with Gasteiger partial charge in [0, 0.05) is 5.92 Å². The topological polar surface area (TPSA) is 21.7 Å². The van der Waals surface area contributed by atoms with Crippen LogP contribution in [0.4, 0.5) is 0 Å². The summed E-state index contributed by atoms with van der Waals surface area (Å²) in [7, 11) is 4.13. The fraction of sp³-hybridized carbons (Fsp3) is 0.800. The van der Waals surface area contributed by atoms with E-state index < -0.39 is 0 Å². The van der Waals surface area contributed by atoms with Crippen molar-refractivity contribution in [2.45, 2.75) is 39.5 Å². The largest absolute Gasteiger partial charge is 0.321 e. The summed E-state index contributed by atoms with van der Waals surface area (Å²) in [6.45, 7) is 8.69. The number of rotatable bonds is 2. The molecule has 0 radical (unpaired) electrons. The van der Waals surface area contributed by atoms with Gasteiger partial charge in [-0.15, -0.1) is 0 Å². The molecule has 0 aliphatic rings. The minimum Gasteiger partial charge on any atom is -0.181 e. The van der Waals surface area contributed by atoms with Gasteiger partial charge < -0.3 is 0 Å². The molecule has 0 atom stereocenters. The molecule has 0 aromatic carbocycles. The Balaban J connectivity index is 3.20. The number of hydrogen-bond acceptors (Lipinski definition) is 1. The zero-order valence-electron chi connectivity index (χ0n) is 9.50. The molecule has 0 amide bonds. The second-order valence-corrected chi connectivity index (χ2v) is 4.18. The summed E-state index contributed by atoms with van der Waals surface area (Å²) in [5.74, 6) is 3.30. The SMILES string of the molecule is CC(C)c1nc(C(C)C)[n+](C)n1C. The van der Waals surface area contributed by atoms with Crippen LogP contribution in [-0.4, -0.2) is 9.67 Å². The molecule has 3 nitrogen and oxygen atoms in total. The summed E-state index contributed by atoms with van der Waals surface area (Å²) < 4.78 is 4.25. The van der Waals surface area contributed by atoms with Crippen LogP contribution in [0.2, 0.25) is 0 Å². The average molecular weight is 182 g/mol. The van der Waals surface area contributed by atoms with Crippen LogP contribution in [0.15, 0.2) is 0 Å². The zero-order valence-corrected chi connectivity index (χ0v) is 9.50. The van der Waals surface area contributed by atoms with Crippen molar-refractivity contribution >= 4 is 0 Å². The highest BCUT2D eigenvalue weighted by molar-refractivity contribution is 4.95. The first-order valence-corrected chi connectivity index (χ1v) is 4.88. The van der Waals surface area contributed by atoms with E-state index in [1.165, 1.54) is 0 Å². The molecule has 1 aromatic heterocycles. The lowest BCUT2D eigenvalue weighted by molar-refractivity contribution is -0.760. The molecular weight excluding hydrogens is 162 g/mol. The maximum absolute atomic E-state index is 4.63. The van der Waals surface area contributed by atoms with E-state index in [4.69, 9.17) is 0 Å². The first-order chi connectivity index (χ1) is 5.95. The molecule has 74 valence electrons. The Hall–Kier alpha value is -0.860. The zero-order chi connectivity index (χ0) is 10.2. The van der Waals surface area contributed by atoms with Gasteiger partial charge in [-0.1, -0.05) is 27.7 Å². The Bertz CT molecular complexity index is 269. The smallest absolute Gasteiger partial charge is 0.181 e. The standard InChI is InChI=1S/C10H20N3/c1-7(2)9-11-10(8(3)4)13(6)12(9)5/h7-8H,1-6H3/q+1. The highest BCUT2D eigenvalue weighted by Crippen LogP contribution is 2.13. The molecule has 0 saturated carbocycles. The van der Waals surface area contributed by atoms with E-state index in [1.807, 2.05) is 0 Å². The van der Waals surface area contributed by atoms with Crippen LogP contribution in [0.5, 0.6) is 0 Å². The van der Waals surface area contributed by atoms with Crippen molar-refractivity contribution in [3.05, 3.63) is 11.6 Å². The van der Waals surface area contributed by atoms with Gasteiger partial charge >= 0.3 is 5.82 Å². The summed E-state index contributed by atoms with van der Waals surface area (Å²) in [6.07, 6.45) is 0. The molecule has 1 heterocycles. The van der Waals surface area contributed by atoms with E-state index in [0.717, 1.165) is 11.6 Å². The highest BCUT2D eigenvalue weighted by Gasteiger charge is 2.24. The van der Waals surface area contributed by atoms with Crippen molar-refractivity contribution in [1.82, 2.24) is 9.67 Å². The highest BCUT2D eigenvalue weighted by atomic mass is 15.4. The molecule has 0 saturated heterocycles. The van der Waals surface area contributed by atoms with Crippen molar-refractivity contribution in [1.29, 1.82) is 0 Å². The van der Waals surface area contributed by atoms with Gasteiger partial charge in [-0.3, -0.25) is 0 Å². The summed E-state index contributed by atoms with van der Waals surface area (Å²) in [5, 5.41) is 0. The summed E-state index contributed by atoms with van der Waals surface area (Å²) >= 11 is 0. The van der Waals surface area contributed by atoms with Gasteiger partial charge in [-0.25, -0.2) is 0 Å². The molecule has 0 bridgehead atoms. The number of hydrogen-bond donors (Lipinski definition) is 0. The van der Waals surface area contributed by atoms with E-state index in [2.05, 4.69) is 56.1 Å². The molecule has 0 aliphatic heterocycles. The maximum Gasteiger partial charge on any atom is 0.321 e. The second kappa shape index (κ2) is 3.48. The number of nitrogens with zero attached hydrogens (tertiary/aromatic N) is 3. The molecule has 0 N–H and O–H groups in total. The minimum atomic E-state index is 0.490. The van der Waals surface area contributed by atoms with Crippen molar-refractivity contribution in [3.63, 3.8) is 0 Å². The monoisotopic (exact) mass is 182 g/mol. The maximum atomic E-state index is 4.63. The van der Waals surface area contributed by atoms with Crippen molar-refractivity contribution in [2.75, 3.05) is 0 Å². The fourth-order valence-electron chi connectivity index (χ4n) is 1.57. The Kier molecular flexibility index (Phi) is 2.74. The Morgan fingerprint density at radius 2 is 1.69 bits per heavy atom. The number of aromatic nitrogens is 3. The van der Waals surface area contributed by atoms with E-state index >= 15 is 0 Å². The lowest BCUT2D eigenvalue weighted by Crippen LogP contribution is -2.41. The molecule has 3 heteroatoms. The van der Waals surface area contributed by atoms with E-state index in [-0.39, 0.29) is 0 Å². The summed E-state index contributed by atoms with van der Waals surface area (Å²) in [5.41, 5.74) is 0. The van der Waals surface area contributed by atoms with Crippen LogP contribution in [0, 0.1) is 0 Å². The summed E-state index contributed by atoms with van der Waals surface area (Å²) in [4.78, 5) is 4.63. The molecule has 0 unspecified atom stereocenters. The molecule has 13 heavy (non-hydrogen) atoms. The third-order valence-corrected chi connectivity index (χ3v) is 2.38. The van der Waals surface area contributed by atoms with Crippen LogP contribution in [0.3, 0.4) is 0 Å². The third-order valence-electron chi connectivity index (χ3n) is 2.38. The molecule has 0 spiro atoms. The van der Waals surface area contributed by atoms with Crippen LogP contribution in [-0.2, 0) is 14.1 Å². The molecule has 0 fully saturated rings. The van der Waals surface area contributed by atoms with E-state index in [1.54, 1.807) is 0 Å². The first kappa shape index (κ1) is 10.2. The molecule has 1 aromatic rings. The normalized spacial score (nSPS) is 11.7. The lowest BCUT2D eigenvalue weighted by Gasteiger charge is -1.99. The van der Waals surface area contributed by atoms with Crippen LogP contribution in [0.25, 0.3) is 0 Å². The fourth-order valence-corrected chi connectivity index (χ4v) is 1.57. The lowest BCUT2D eigenvalue weighted by atomic mass is 10.2. The van der Waals surface area contributed by atoms with Crippen molar-refractivity contribution < 1.29 is 4.68 Å². The van der Waals surface area contributed by atoms with Crippen LogP contribution >= 0.6 is 0 Å². The predicted molar refractivity (Wildman–Crippen MR) is 52.6 cm³/mol. The van der Waals surface area contributed by atoms with E-state index in [0.29, 0.717) is 11.8 Å². The van der Waals surface area contributed by atoms with Crippen LogP contribution in [0.1, 0.15) is 51.2 Å². The first-order valence-electron chi connectivity index (χ1n) is 4.88. The minimum absolute atomic E-state index is 0.490. The van der Waals surface area contributed by atoms with Gasteiger partial charge in [-0.2, -0.15) is 9.36 Å². The Labute approximate surface area is 80.4 Å². The van der Waals surface area contributed by atoms with Crippen LogP contribution < -0.4 is 4.68 Å². The third kappa shape index (κ3) is 1.74. The van der Waals surface area contributed by atoms with Gasteiger partial charge in [0.1, 0.15) is 7.05 Å². The van der Waals surface area contributed by atoms with Gasteiger partial charge in [0.05, 0.1) is 13.0 Å². The van der Waals surface area contributed by atoms with Crippen molar-refractivity contribution in [2.24, 2.45) is 14.1 Å². The van der Waals surface area contributed by atoms with Gasteiger partial charge in [0.2, 0.25) is 0 Å². The van der Waals surface area contributed by atoms with E-state index in [9.17, 15) is 0 Å². The van der Waals surface area contributed by atoms with Gasteiger partial charge in [0.25, 0.3) is 5.82 Å². The Morgan fingerprint density at radius 1 is 1.15 bits per heavy atom. The Morgan fingerprint density at radius 3 is 1.92 bits per heavy atom.